The second-order valence-electron chi connectivity index (χ2n) is 5.85. The Kier molecular flexibility index (Phi) is 4.76. The topological polar surface area (TPSA) is 86.8 Å². The third kappa shape index (κ3) is 3.45. The van der Waals surface area contributed by atoms with E-state index in [4.69, 9.17) is 0 Å². The van der Waals surface area contributed by atoms with Crippen LogP contribution in [-0.2, 0) is 14.8 Å². The molecule has 0 aliphatic carbocycles. The van der Waals surface area contributed by atoms with E-state index in [1.54, 1.807) is 42.5 Å². The number of carbonyl (C=O) groups excluding carboxylic acids is 2. The molecule has 1 aliphatic heterocycles. The van der Waals surface area contributed by atoms with Crippen molar-refractivity contribution in [1.29, 1.82) is 0 Å². The summed E-state index contributed by atoms with van der Waals surface area (Å²) in [6.45, 7) is -0.148. The Labute approximate surface area is 159 Å². The molecule has 0 aromatic heterocycles. The minimum atomic E-state index is -3.54. The van der Waals surface area contributed by atoms with E-state index in [1.807, 2.05) is 0 Å². The average molecular weight is 438 g/mol. The molecule has 0 atom stereocenters. The SMILES string of the molecule is CN(c1ccccc1C(=O)N1CC(=O)Nc2cc(Br)ccc21)S(C)(=O)=O. The fraction of sp³-hybridized carbons (Fsp3) is 0.176. The molecule has 26 heavy (non-hydrogen) atoms. The number of carbonyl (C=O) groups is 2. The van der Waals surface area contributed by atoms with Gasteiger partial charge in [-0.25, -0.2) is 8.42 Å². The Morgan fingerprint density at radius 3 is 2.62 bits per heavy atom. The summed E-state index contributed by atoms with van der Waals surface area (Å²) in [5.41, 5.74) is 1.51. The van der Waals surface area contributed by atoms with Crippen LogP contribution in [0.25, 0.3) is 0 Å². The lowest BCUT2D eigenvalue weighted by atomic mass is 10.1. The van der Waals surface area contributed by atoms with Crippen molar-refractivity contribution < 1.29 is 18.0 Å². The van der Waals surface area contributed by atoms with Crippen LogP contribution < -0.4 is 14.5 Å². The summed E-state index contributed by atoms with van der Waals surface area (Å²) in [5, 5.41) is 2.73. The number of nitrogens with one attached hydrogen (secondary N) is 1. The van der Waals surface area contributed by atoms with E-state index in [9.17, 15) is 18.0 Å². The third-order valence-corrected chi connectivity index (χ3v) is 5.73. The number of benzene rings is 2. The van der Waals surface area contributed by atoms with Gasteiger partial charge in [0.2, 0.25) is 15.9 Å². The minimum absolute atomic E-state index is 0.148. The summed E-state index contributed by atoms with van der Waals surface area (Å²) in [6.07, 6.45) is 1.06. The fourth-order valence-corrected chi connectivity index (χ4v) is 3.57. The lowest BCUT2D eigenvalue weighted by Gasteiger charge is -2.30. The maximum atomic E-state index is 13.2. The summed E-state index contributed by atoms with van der Waals surface area (Å²) < 4.78 is 25.6. The molecule has 0 bridgehead atoms. The van der Waals surface area contributed by atoms with Gasteiger partial charge >= 0.3 is 0 Å². The summed E-state index contributed by atoms with van der Waals surface area (Å²) >= 11 is 3.34. The van der Waals surface area contributed by atoms with Crippen LogP contribution >= 0.6 is 15.9 Å². The van der Waals surface area contributed by atoms with Crippen molar-refractivity contribution in [1.82, 2.24) is 0 Å². The summed E-state index contributed by atoms with van der Waals surface area (Å²) in [7, 11) is -2.16. The highest BCUT2D eigenvalue weighted by molar-refractivity contribution is 9.10. The molecule has 7 nitrogen and oxygen atoms in total. The van der Waals surface area contributed by atoms with Crippen molar-refractivity contribution in [3.8, 4) is 0 Å². The number of amides is 2. The van der Waals surface area contributed by atoms with Crippen molar-refractivity contribution in [2.75, 3.05) is 34.4 Å². The quantitative estimate of drug-likeness (QED) is 0.798. The number of fused-ring (bicyclic) bond motifs is 1. The summed E-state index contributed by atoms with van der Waals surface area (Å²) in [5.74, 6) is -0.771. The second-order valence-corrected chi connectivity index (χ2v) is 8.78. The van der Waals surface area contributed by atoms with E-state index in [1.165, 1.54) is 11.9 Å². The van der Waals surface area contributed by atoms with Crippen LogP contribution in [0.1, 0.15) is 10.4 Å². The lowest BCUT2D eigenvalue weighted by Crippen LogP contribution is -2.42. The van der Waals surface area contributed by atoms with Gasteiger partial charge in [-0.15, -0.1) is 0 Å². The Balaban J connectivity index is 2.08. The normalized spacial score (nSPS) is 13.8. The average Bonchev–Trinajstić information content (AvgIpc) is 2.58. The molecule has 0 spiro atoms. The van der Waals surface area contributed by atoms with E-state index in [0.717, 1.165) is 15.0 Å². The standard InChI is InChI=1S/C17H16BrN3O4S/c1-20(26(2,24)25)14-6-4-3-5-12(14)17(23)21-10-16(22)19-13-9-11(18)7-8-15(13)21/h3-9H,10H2,1-2H3,(H,19,22). The largest absolute Gasteiger partial charge is 0.323 e. The van der Waals surface area contributed by atoms with Crippen molar-refractivity contribution in [2.45, 2.75) is 0 Å². The zero-order valence-corrected chi connectivity index (χ0v) is 16.5. The van der Waals surface area contributed by atoms with E-state index >= 15 is 0 Å². The van der Waals surface area contributed by atoms with Crippen LogP contribution in [0, 0.1) is 0 Å². The van der Waals surface area contributed by atoms with Crippen LogP contribution in [0.15, 0.2) is 46.9 Å². The lowest BCUT2D eigenvalue weighted by molar-refractivity contribution is -0.115. The monoisotopic (exact) mass is 437 g/mol. The van der Waals surface area contributed by atoms with Gasteiger partial charge in [0, 0.05) is 11.5 Å². The Bertz CT molecular complexity index is 1010. The van der Waals surface area contributed by atoms with Crippen molar-refractivity contribution in [3.05, 3.63) is 52.5 Å². The molecule has 1 aliphatic rings. The number of hydrogen-bond acceptors (Lipinski definition) is 4. The van der Waals surface area contributed by atoms with Crippen molar-refractivity contribution >= 4 is 54.8 Å². The van der Waals surface area contributed by atoms with Crippen LogP contribution in [0.5, 0.6) is 0 Å². The highest BCUT2D eigenvalue weighted by Crippen LogP contribution is 2.34. The molecule has 2 amide bonds. The number of rotatable bonds is 3. The van der Waals surface area contributed by atoms with Crippen LogP contribution in [0.4, 0.5) is 17.1 Å². The van der Waals surface area contributed by atoms with Gasteiger partial charge in [0.15, 0.2) is 0 Å². The van der Waals surface area contributed by atoms with Crippen molar-refractivity contribution in [3.63, 3.8) is 0 Å². The number of para-hydroxylation sites is 1. The van der Waals surface area contributed by atoms with Gasteiger partial charge < -0.3 is 5.32 Å². The van der Waals surface area contributed by atoms with Crippen LogP contribution in [0.3, 0.4) is 0 Å². The molecule has 1 N–H and O–H groups in total. The molecular weight excluding hydrogens is 422 g/mol. The van der Waals surface area contributed by atoms with E-state index in [-0.39, 0.29) is 23.7 Å². The number of hydrogen-bond donors (Lipinski definition) is 1. The minimum Gasteiger partial charge on any atom is -0.323 e. The highest BCUT2D eigenvalue weighted by atomic mass is 79.9. The first-order chi connectivity index (χ1) is 12.2. The summed E-state index contributed by atoms with van der Waals surface area (Å²) in [4.78, 5) is 26.5. The zero-order chi connectivity index (χ0) is 19.1. The van der Waals surface area contributed by atoms with Crippen LogP contribution in [0.2, 0.25) is 0 Å². The molecule has 0 saturated heterocycles. The number of nitrogens with zero attached hydrogens (tertiary/aromatic N) is 2. The van der Waals surface area contributed by atoms with Crippen LogP contribution in [-0.4, -0.2) is 40.1 Å². The van der Waals surface area contributed by atoms with E-state index < -0.39 is 15.9 Å². The predicted octanol–water partition coefficient (Wildman–Crippen LogP) is 2.44. The first kappa shape index (κ1) is 18.4. The zero-order valence-electron chi connectivity index (χ0n) is 14.1. The van der Waals surface area contributed by atoms with Gasteiger partial charge in [-0.3, -0.25) is 18.8 Å². The first-order valence-electron chi connectivity index (χ1n) is 7.62. The molecular formula is C17H16BrN3O4S. The molecule has 0 unspecified atom stereocenters. The number of sulfonamides is 1. The Morgan fingerprint density at radius 2 is 1.92 bits per heavy atom. The first-order valence-corrected chi connectivity index (χ1v) is 10.3. The number of anilines is 3. The van der Waals surface area contributed by atoms with Crippen molar-refractivity contribution in [2.24, 2.45) is 0 Å². The van der Waals surface area contributed by atoms with Gasteiger partial charge in [0.05, 0.1) is 28.9 Å². The Hall–Kier alpha value is -2.39. The Morgan fingerprint density at radius 1 is 1.23 bits per heavy atom. The molecule has 136 valence electrons. The molecule has 0 fully saturated rings. The highest BCUT2D eigenvalue weighted by Gasteiger charge is 2.30. The van der Waals surface area contributed by atoms with Gasteiger partial charge in [0.25, 0.3) is 5.91 Å². The molecule has 0 radical (unpaired) electrons. The molecule has 9 heteroatoms. The number of halogens is 1. The second kappa shape index (κ2) is 6.73. The molecule has 3 rings (SSSR count). The smallest absolute Gasteiger partial charge is 0.260 e. The maximum absolute atomic E-state index is 13.2. The van der Waals surface area contributed by atoms with E-state index in [2.05, 4.69) is 21.2 Å². The molecule has 0 saturated carbocycles. The van der Waals surface area contributed by atoms with Gasteiger partial charge in [-0.05, 0) is 30.3 Å². The van der Waals surface area contributed by atoms with E-state index in [0.29, 0.717) is 11.4 Å². The van der Waals surface area contributed by atoms with Gasteiger partial charge in [-0.2, -0.15) is 0 Å². The molecule has 2 aromatic rings. The van der Waals surface area contributed by atoms with Gasteiger partial charge in [0.1, 0.15) is 6.54 Å². The fourth-order valence-electron chi connectivity index (χ4n) is 2.70. The maximum Gasteiger partial charge on any atom is 0.260 e. The van der Waals surface area contributed by atoms with Gasteiger partial charge in [-0.1, -0.05) is 28.1 Å². The molecule has 2 aromatic carbocycles. The predicted molar refractivity (Wildman–Crippen MR) is 104 cm³/mol. The molecule has 1 heterocycles. The summed E-state index contributed by atoms with van der Waals surface area (Å²) in [6, 6.07) is 11.6. The third-order valence-electron chi connectivity index (χ3n) is 4.04.